The Bertz CT molecular complexity index is 2130. The summed E-state index contributed by atoms with van der Waals surface area (Å²) >= 11 is 0. The highest BCUT2D eigenvalue weighted by atomic mass is 16.5. The number of piperazine rings is 1. The van der Waals surface area contributed by atoms with Gasteiger partial charge in [-0.3, -0.25) is 18.9 Å². The summed E-state index contributed by atoms with van der Waals surface area (Å²) in [7, 11) is 3.40. The van der Waals surface area contributed by atoms with Gasteiger partial charge in [0.25, 0.3) is 11.1 Å². The van der Waals surface area contributed by atoms with E-state index in [4.69, 9.17) is 4.74 Å². The van der Waals surface area contributed by atoms with Crippen molar-refractivity contribution >= 4 is 22.7 Å². The predicted octanol–water partition coefficient (Wildman–Crippen LogP) is 3.16. The number of hydrogen-bond acceptors (Lipinski definition) is 10. The first kappa shape index (κ1) is 32.7. The molecule has 1 atom stereocenters. The lowest BCUT2D eigenvalue weighted by Crippen LogP contribution is -2.52. The van der Waals surface area contributed by atoms with Crippen LogP contribution in [-0.4, -0.2) is 84.7 Å². The zero-order valence-electron chi connectivity index (χ0n) is 28.7. The highest BCUT2D eigenvalue weighted by molar-refractivity contribution is 5.73. The van der Waals surface area contributed by atoms with Crippen LogP contribution < -0.4 is 21.3 Å². The maximum atomic E-state index is 13.7. The van der Waals surface area contributed by atoms with Crippen molar-refractivity contribution in [2.75, 3.05) is 50.1 Å². The van der Waals surface area contributed by atoms with Crippen LogP contribution in [0.25, 0.3) is 22.5 Å². The third kappa shape index (κ3) is 6.13. The number of aromatic nitrogens is 6. The molecule has 5 aromatic heterocycles. The molecule has 256 valence electrons. The van der Waals surface area contributed by atoms with E-state index in [-0.39, 0.29) is 22.4 Å². The largest absolute Gasteiger partial charge is 0.392 e. The van der Waals surface area contributed by atoms with Crippen LogP contribution in [0.1, 0.15) is 37.6 Å². The normalized spacial score (nSPS) is 17.5. The Hall–Kier alpha value is -4.85. The minimum atomic E-state index is -0.392. The molecule has 1 saturated heterocycles. The lowest BCUT2D eigenvalue weighted by atomic mass is 9.90. The fourth-order valence-corrected chi connectivity index (χ4v) is 7.36. The van der Waals surface area contributed by atoms with Crippen LogP contribution >= 0.6 is 0 Å². The number of hydrogen-bond donors (Lipinski definition) is 2. The van der Waals surface area contributed by atoms with Crippen LogP contribution in [0, 0.1) is 5.41 Å². The predicted molar refractivity (Wildman–Crippen MR) is 189 cm³/mol. The van der Waals surface area contributed by atoms with Gasteiger partial charge in [0.1, 0.15) is 23.3 Å². The number of nitrogens with one attached hydrogen (secondary N) is 1. The van der Waals surface area contributed by atoms with Crippen LogP contribution in [0.4, 0.5) is 17.2 Å². The fourth-order valence-electron chi connectivity index (χ4n) is 7.36. The number of methoxy groups -OCH3 is 1. The fraction of sp³-hybridized carbons (Fsp3) is 0.417. The molecule has 0 saturated carbocycles. The molecule has 0 spiro atoms. The number of aliphatic hydroxyl groups is 1. The number of aliphatic hydroxyl groups excluding tert-OH is 1. The van der Waals surface area contributed by atoms with Crippen LogP contribution in [0.5, 0.6) is 0 Å². The van der Waals surface area contributed by atoms with Crippen molar-refractivity contribution in [2.24, 2.45) is 12.5 Å². The van der Waals surface area contributed by atoms with Crippen molar-refractivity contribution in [3.63, 3.8) is 0 Å². The summed E-state index contributed by atoms with van der Waals surface area (Å²) in [6.45, 7) is 10.7. The van der Waals surface area contributed by atoms with E-state index >= 15 is 0 Å². The summed E-state index contributed by atoms with van der Waals surface area (Å²) in [5, 5.41) is 18.3. The Kier molecular flexibility index (Phi) is 8.59. The maximum Gasteiger partial charge on any atom is 0.297 e. The van der Waals surface area contributed by atoms with Gasteiger partial charge in [-0.15, -0.1) is 0 Å². The molecule has 0 unspecified atom stereocenters. The van der Waals surface area contributed by atoms with Gasteiger partial charge >= 0.3 is 0 Å². The van der Waals surface area contributed by atoms with Gasteiger partial charge in [0.2, 0.25) is 0 Å². The Morgan fingerprint density at radius 3 is 2.65 bits per heavy atom. The first-order valence-electron chi connectivity index (χ1n) is 16.7. The summed E-state index contributed by atoms with van der Waals surface area (Å²) in [4.78, 5) is 40.9. The van der Waals surface area contributed by atoms with Crippen molar-refractivity contribution in [3.8, 4) is 16.9 Å². The molecule has 2 aliphatic rings. The number of anilines is 3. The van der Waals surface area contributed by atoms with E-state index in [2.05, 4.69) is 51.0 Å². The van der Waals surface area contributed by atoms with Gasteiger partial charge in [-0.25, -0.2) is 9.97 Å². The molecular formula is C36H43N9O4. The molecule has 1 fully saturated rings. The number of rotatable bonds is 9. The highest BCUT2D eigenvalue weighted by Gasteiger charge is 2.32. The van der Waals surface area contributed by atoms with Crippen LogP contribution in [0.15, 0.2) is 64.8 Å². The third-order valence-electron chi connectivity index (χ3n) is 9.79. The van der Waals surface area contributed by atoms with Gasteiger partial charge in [-0.05, 0) is 66.6 Å². The molecule has 5 aromatic rings. The van der Waals surface area contributed by atoms with Crippen LogP contribution in [-0.2, 0) is 31.2 Å². The first-order chi connectivity index (χ1) is 23.6. The summed E-state index contributed by atoms with van der Waals surface area (Å²) < 4.78 is 9.85. The SMILES string of the molecule is COCCN1CCN(c2ccc(Nc3cc(-c4ccnc(-n5ncn6c7c(cc6c5=O)CC(C)(C)C7)c4CO)cn(C)c3=O)nc2)[C@@H](C)C1. The van der Waals surface area contributed by atoms with Crippen molar-refractivity contribution in [3.05, 3.63) is 92.8 Å². The minimum absolute atomic E-state index is 0.142. The van der Waals surface area contributed by atoms with E-state index in [0.29, 0.717) is 39.8 Å². The van der Waals surface area contributed by atoms with Gasteiger partial charge in [0.15, 0.2) is 5.82 Å². The number of pyridine rings is 3. The molecule has 49 heavy (non-hydrogen) atoms. The Labute approximate surface area is 284 Å². The molecule has 1 aliphatic carbocycles. The first-order valence-corrected chi connectivity index (χ1v) is 16.7. The Balaban J connectivity index is 1.17. The second-order valence-electron chi connectivity index (χ2n) is 14.0. The topological polar surface area (TPSA) is 135 Å². The Morgan fingerprint density at radius 1 is 1.08 bits per heavy atom. The number of fused-ring (bicyclic) bond motifs is 3. The number of nitrogens with zero attached hydrogens (tertiary/aromatic N) is 8. The average Bonchev–Trinajstić information content (AvgIpc) is 3.58. The van der Waals surface area contributed by atoms with Gasteiger partial charge < -0.3 is 24.6 Å². The van der Waals surface area contributed by atoms with E-state index in [0.717, 1.165) is 62.6 Å². The van der Waals surface area contributed by atoms with E-state index in [1.807, 2.05) is 28.8 Å². The zero-order chi connectivity index (χ0) is 34.4. The molecule has 13 heteroatoms. The molecular weight excluding hydrogens is 622 g/mol. The van der Waals surface area contributed by atoms with Crippen molar-refractivity contribution in [1.82, 2.24) is 33.6 Å². The van der Waals surface area contributed by atoms with Crippen LogP contribution in [0.2, 0.25) is 0 Å². The molecule has 1 aliphatic heterocycles. The summed E-state index contributed by atoms with van der Waals surface area (Å²) in [5.74, 6) is 0.775. The summed E-state index contributed by atoms with van der Waals surface area (Å²) in [5.41, 5.74) is 5.45. The second kappa shape index (κ2) is 12.9. The summed E-state index contributed by atoms with van der Waals surface area (Å²) in [6, 6.07) is 9.67. The summed E-state index contributed by atoms with van der Waals surface area (Å²) in [6.07, 6.45) is 8.54. The Morgan fingerprint density at radius 2 is 1.92 bits per heavy atom. The van der Waals surface area contributed by atoms with Crippen molar-refractivity contribution in [1.29, 1.82) is 0 Å². The minimum Gasteiger partial charge on any atom is -0.392 e. The molecule has 0 radical (unpaired) electrons. The molecule has 7 rings (SSSR count). The van der Waals surface area contributed by atoms with E-state index in [1.54, 1.807) is 45.0 Å². The lowest BCUT2D eigenvalue weighted by molar-refractivity contribution is 0.136. The van der Waals surface area contributed by atoms with Gasteiger partial charge in [-0.1, -0.05) is 13.8 Å². The molecule has 6 heterocycles. The molecule has 13 nitrogen and oxygen atoms in total. The standard InChI is InChI=1S/C36H43N9O4/c1-23-19-42(12-13-49-5)10-11-43(23)26-6-7-32(38-18-26)40-29-14-25(20-41(4)34(29)47)27-8-9-37-33(28(27)21-46)45-35(48)30-15-24-16-36(2,3)17-31(24)44(30)22-39-45/h6-9,14-15,18,20,22-23,46H,10-13,16-17,19,21H2,1-5H3,(H,38,40)/t23-/m0/s1. The van der Waals surface area contributed by atoms with E-state index in [1.165, 1.54) is 9.25 Å². The smallest absolute Gasteiger partial charge is 0.297 e. The number of ether oxygens (including phenoxy) is 1. The maximum absolute atomic E-state index is 13.7. The molecule has 2 N–H and O–H groups in total. The number of aryl methyl sites for hydroxylation is 1. The highest BCUT2D eigenvalue weighted by Crippen LogP contribution is 2.37. The quantitative estimate of drug-likeness (QED) is 0.242. The molecule has 0 aromatic carbocycles. The molecule has 0 bridgehead atoms. The van der Waals surface area contributed by atoms with Crippen molar-refractivity contribution in [2.45, 2.75) is 46.3 Å². The van der Waals surface area contributed by atoms with E-state index < -0.39 is 6.61 Å². The van der Waals surface area contributed by atoms with E-state index in [9.17, 15) is 14.7 Å². The monoisotopic (exact) mass is 665 g/mol. The van der Waals surface area contributed by atoms with Crippen LogP contribution in [0.3, 0.4) is 0 Å². The van der Waals surface area contributed by atoms with Gasteiger partial charge in [0, 0.05) is 75.6 Å². The third-order valence-corrected chi connectivity index (χ3v) is 9.79. The molecule has 0 amide bonds. The average molecular weight is 666 g/mol. The van der Waals surface area contributed by atoms with Crippen molar-refractivity contribution < 1.29 is 9.84 Å². The second-order valence-corrected chi connectivity index (χ2v) is 14.0. The lowest BCUT2D eigenvalue weighted by Gasteiger charge is -2.41. The van der Waals surface area contributed by atoms with Gasteiger partial charge in [-0.2, -0.15) is 9.78 Å². The zero-order valence-corrected chi connectivity index (χ0v) is 28.7. The van der Waals surface area contributed by atoms with Gasteiger partial charge in [0.05, 0.1) is 25.1 Å².